The first-order chi connectivity index (χ1) is 16.7. The van der Waals surface area contributed by atoms with E-state index in [2.05, 4.69) is 66.8 Å². The molecule has 0 amide bonds. The number of carbonyl (C=O) groups excluding carboxylic acids is 1. The van der Waals surface area contributed by atoms with Gasteiger partial charge in [-0.15, -0.1) is 0 Å². The Morgan fingerprint density at radius 2 is 1.83 bits per heavy atom. The minimum absolute atomic E-state index is 0.0274. The Hall–Kier alpha value is -0.773. The van der Waals surface area contributed by atoms with Crippen LogP contribution >= 0.6 is 0 Å². The maximum Gasteiger partial charge on any atom is 0.306 e. The molecule has 0 N–H and O–H groups in total. The normalized spacial score (nSPS) is 41.1. The van der Waals surface area contributed by atoms with Gasteiger partial charge in [0.25, 0.3) is 0 Å². The number of carbonyl (C=O) groups is 1. The molecule has 3 heterocycles. The second-order valence-corrected chi connectivity index (χ2v) is 17.8. The zero-order chi connectivity index (χ0) is 26.9. The Morgan fingerprint density at radius 1 is 1.14 bits per heavy atom. The molecule has 3 aliphatic rings. The largest absolute Gasteiger partial charge is 0.459 e. The lowest BCUT2D eigenvalue weighted by atomic mass is 9.77. The highest BCUT2D eigenvalue weighted by Crippen LogP contribution is 2.47. The van der Waals surface area contributed by atoms with Crippen molar-refractivity contribution in [3.63, 3.8) is 0 Å². The highest BCUT2D eigenvalue weighted by Gasteiger charge is 2.53. The SMILES string of the molecule is COCO[C@H]1[C@@H]2OC(=O)C[C@@H]2C[C@H]2O[C@H](CC[C@]2(C)OC)[C@@](C)(O[Si](C)(C)C(C)(C)C)C/C=C/[C@@H]1C. The Labute approximate surface area is 219 Å². The van der Waals surface area contributed by atoms with E-state index in [4.69, 9.17) is 28.1 Å². The van der Waals surface area contributed by atoms with Gasteiger partial charge in [0.05, 0.1) is 29.8 Å². The standard InChI is InChI=1S/C28H50O7Si/c1-19-12-11-14-28(6,35-36(9,10)26(2,3)4)21-13-15-27(5,31-8)22(33-21)16-20-17-23(29)34-25(20)24(19)32-18-30-7/h11-12,19-22,24-25H,13-18H2,1-10H3/b12-11+/t19-,20-,21+,22+,24+,25+,27-,28-/m0/s1. The van der Waals surface area contributed by atoms with E-state index in [9.17, 15) is 4.79 Å². The number of rotatable bonds is 6. The van der Waals surface area contributed by atoms with Crippen LogP contribution in [0.2, 0.25) is 18.1 Å². The number of hydrogen-bond acceptors (Lipinski definition) is 7. The van der Waals surface area contributed by atoms with Crippen LogP contribution in [-0.4, -0.2) is 70.9 Å². The van der Waals surface area contributed by atoms with E-state index in [1.54, 1.807) is 14.2 Å². The van der Waals surface area contributed by atoms with Gasteiger partial charge in [-0.05, 0) is 57.7 Å². The van der Waals surface area contributed by atoms with Crippen molar-refractivity contribution in [1.82, 2.24) is 0 Å². The third-order valence-corrected chi connectivity index (χ3v) is 13.8. The molecule has 8 heteroatoms. The summed E-state index contributed by atoms with van der Waals surface area (Å²) < 4.78 is 37.3. The molecule has 0 spiro atoms. The summed E-state index contributed by atoms with van der Waals surface area (Å²) >= 11 is 0. The maximum atomic E-state index is 12.5. The van der Waals surface area contributed by atoms with E-state index in [1.165, 1.54) is 0 Å². The Balaban J connectivity index is 2.03. The molecule has 0 aromatic heterocycles. The van der Waals surface area contributed by atoms with Gasteiger partial charge >= 0.3 is 5.97 Å². The van der Waals surface area contributed by atoms with E-state index in [1.807, 2.05) is 0 Å². The smallest absolute Gasteiger partial charge is 0.306 e. The predicted octanol–water partition coefficient (Wildman–Crippen LogP) is 5.63. The average Bonchev–Trinajstić information content (AvgIpc) is 3.13. The van der Waals surface area contributed by atoms with Crippen LogP contribution in [0.3, 0.4) is 0 Å². The first-order valence-corrected chi connectivity index (χ1v) is 16.4. The van der Waals surface area contributed by atoms with Gasteiger partial charge in [-0.3, -0.25) is 4.79 Å². The summed E-state index contributed by atoms with van der Waals surface area (Å²) in [7, 11) is 1.28. The summed E-state index contributed by atoms with van der Waals surface area (Å²) in [5.41, 5.74) is -0.922. The third kappa shape index (κ3) is 6.26. The number of methoxy groups -OCH3 is 2. The van der Waals surface area contributed by atoms with Crippen molar-refractivity contribution in [3.05, 3.63) is 12.2 Å². The summed E-state index contributed by atoms with van der Waals surface area (Å²) in [5.74, 6) is -0.176. The lowest BCUT2D eigenvalue weighted by molar-refractivity contribution is -0.225. The molecular formula is C28H50O7Si. The van der Waals surface area contributed by atoms with Crippen LogP contribution in [0.15, 0.2) is 12.2 Å². The van der Waals surface area contributed by atoms with Crippen LogP contribution in [0.5, 0.6) is 0 Å². The summed E-state index contributed by atoms with van der Waals surface area (Å²) in [6.45, 7) is 18.0. The minimum Gasteiger partial charge on any atom is -0.459 e. The fraction of sp³-hybridized carbons (Fsp3) is 0.893. The zero-order valence-corrected chi connectivity index (χ0v) is 25.2. The molecule has 2 bridgehead atoms. The van der Waals surface area contributed by atoms with Crippen LogP contribution in [0, 0.1) is 11.8 Å². The highest BCUT2D eigenvalue weighted by molar-refractivity contribution is 6.74. The Morgan fingerprint density at radius 3 is 2.44 bits per heavy atom. The van der Waals surface area contributed by atoms with Gasteiger partial charge in [0, 0.05) is 26.1 Å². The van der Waals surface area contributed by atoms with E-state index in [-0.39, 0.29) is 54.1 Å². The minimum atomic E-state index is -2.08. The van der Waals surface area contributed by atoms with Gasteiger partial charge in [0.2, 0.25) is 0 Å². The van der Waals surface area contributed by atoms with Crippen molar-refractivity contribution in [2.24, 2.45) is 11.8 Å². The highest BCUT2D eigenvalue weighted by atomic mass is 28.4. The molecule has 7 nitrogen and oxygen atoms in total. The van der Waals surface area contributed by atoms with E-state index >= 15 is 0 Å². The van der Waals surface area contributed by atoms with Gasteiger partial charge in [-0.1, -0.05) is 39.8 Å². The molecule has 0 aromatic carbocycles. The number of fused-ring (bicyclic) bond motifs is 3. The monoisotopic (exact) mass is 526 g/mol. The van der Waals surface area contributed by atoms with E-state index in [0.29, 0.717) is 12.8 Å². The first kappa shape index (κ1) is 29.8. The molecule has 36 heavy (non-hydrogen) atoms. The van der Waals surface area contributed by atoms with Crippen LogP contribution in [0.25, 0.3) is 0 Å². The average molecular weight is 527 g/mol. The predicted molar refractivity (Wildman–Crippen MR) is 142 cm³/mol. The van der Waals surface area contributed by atoms with E-state index in [0.717, 1.165) is 19.3 Å². The van der Waals surface area contributed by atoms with Crippen molar-refractivity contribution in [2.75, 3.05) is 21.0 Å². The summed E-state index contributed by atoms with van der Waals surface area (Å²) in [6.07, 6.45) is 6.94. The van der Waals surface area contributed by atoms with Gasteiger partial charge in [-0.2, -0.15) is 0 Å². The van der Waals surface area contributed by atoms with Crippen LogP contribution in [0.4, 0.5) is 0 Å². The molecule has 208 valence electrons. The summed E-state index contributed by atoms with van der Waals surface area (Å²) in [4.78, 5) is 12.5. The number of ether oxygens (including phenoxy) is 5. The third-order valence-electron chi connectivity index (χ3n) is 9.22. The van der Waals surface area contributed by atoms with Crippen LogP contribution < -0.4 is 0 Å². The molecule has 2 saturated heterocycles. The van der Waals surface area contributed by atoms with Gasteiger partial charge < -0.3 is 28.1 Å². The zero-order valence-electron chi connectivity index (χ0n) is 24.2. The second kappa shape index (κ2) is 11.1. The van der Waals surface area contributed by atoms with Crippen LogP contribution in [-0.2, 0) is 32.9 Å². The molecule has 0 unspecified atom stereocenters. The van der Waals surface area contributed by atoms with Crippen molar-refractivity contribution in [2.45, 2.75) is 127 Å². The first-order valence-electron chi connectivity index (χ1n) is 13.5. The van der Waals surface area contributed by atoms with E-state index < -0.39 is 19.5 Å². The van der Waals surface area contributed by atoms with Crippen molar-refractivity contribution in [1.29, 1.82) is 0 Å². The van der Waals surface area contributed by atoms with Crippen LogP contribution in [0.1, 0.15) is 73.6 Å². The van der Waals surface area contributed by atoms with Crippen molar-refractivity contribution >= 4 is 14.3 Å². The summed E-state index contributed by atoms with van der Waals surface area (Å²) in [5, 5.41) is 0.0830. The van der Waals surface area contributed by atoms with Gasteiger partial charge in [0.15, 0.2) is 8.32 Å². The fourth-order valence-corrected chi connectivity index (χ4v) is 7.41. The molecule has 0 radical (unpaired) electrons. The maximum absolute atomic E-state index is 12.5. The topological polar surface area (TPSA) is 72.5 Å². The second-order valence-electron chi connectivity index (χ2n) is 13.0. The molecule has 0 aromatic rings. The molecule has 0 aliphatic carbocycles. The lowest BCUT2D eigenvalue weighted by Gasteiger charge is -2.52. The molecule has 3 rings (SSSR count). The molecule has 0 saturated carbocycles. The molecule has 8 atom stereocenters. The van der Waals surface area contributed by atoms with Gasteiger partial charge in [-0.25, -0.2) is 0 Å². The quantitative estimate of drug-likeness (QED) is 0.192. The number of hydrogen-bond donors (Lipinski definition) is 0. The van der Waals surface area contributed by atoms with Crippen molar-refractivity contribution < 1.29 is 32.9 Å². The fourth-order valence-electron chi connectivity index (χ4n) is 5.72. The number of esters is 1. The van der Waals surface area contributed by atoms with Gasteiger partial charge in [0.1, 0.15) is 19.0 Å². The molecular weight excluding hydrogens is 476 g/mol. The summed E-state index contributed by atoms with van der Waals surface area (Å²) in [6, 6.07) is 0. The Kier molecular flexibility index (Phi) is 9.22. The lowest BCUT2D eigenvalue weighted by Crippen LogP contribution is -2.60. The van der Waals surface area contributed by atoms with Crippen molar-refractivity contribution in [3.8, 4) is 0 Å². The molecule has 2 fully saturated rings. The molecule has 3 aliphatic heterocycles. The Bertz CT molecular complexity index is 793.